The highest BCUT2D eigenvalue weighted by molar-refractivity contribution is 5.91. The molecule has 1 aliphatic carbocycles. The van der Waals surface area contributed by atoms with E-state index in [-0.39, 0.29) is 11.7 Å². The Morgan fingerprint density at radius 2 is 2.03 bits per heavy atom. The number of benzene rings is 1. The average Bonchev–Trinajstić information content (AvgIpc) is 3.50. The number of carbonyl (C=O) groups is 1. The maximum atomic E-state index is 13.1. The minimum absolute atomic E-state index is 0.0256. The third kappa shape index (κ3) is 5.58. The number of anilines is 1. The van der Waals surface area contributed by atoms with Crippen LogP contribution in [0.3, 0.4) is 0 Å². The molecule has 1 saturated carbocycles. The van der Waals surface area contributed by atoms with E-state index < -0.39 is 0 Å². The number of nitrogens with one attached hydrogen (secondary N) is 2. The maximum Gasteiger partial charge on any atom is 0.239 e. The quantitative estimate of drug-likeness (QED) is 0.544. The van der Waals surface area contributed by atoms with Crippen molar-refractivity contribution in [2.24, 2.45) is 0 Å². The molecule has 0 unspecified atom stereocenters. The lowest BCUT2D eigenvalue weighted by molar-refractivity contribution is -0.117. The molecule has 2 N–H and O–H groups in total. The first-order valence-electron chi connectivity index (χ1n) is 10.9. The van der Waals surface area contributed by atoms with Gasteiger partial charge >= 0.3 is 0 Å². The van der Waals surface area contributed by atoms with Crippen LogP contribution in [0.1, 0.15) is 43.8 Å². The molecule has 0 aliphatic heterocycles. The monoisotopic (exact) mass is 424 g/mol. The van der Waals surface area contributed by atoms with Crippen LogP contribution in [0.2, 0.25) is 0 Å². The van der Waals surface area contributed by atoms with Crippen LogP contribution in [-0.2, 0) is 11.2 Å². The Bertz CT molecular complexity index is 990. The average molecular weight is 425 g/mol. The standard InChI is InChI=1S/C23H29FN6O/c1-29(16-23(31)26-22-12-13-25-30(22)20-6-2-3-7-20)14-4-5-19-15-21(28-27-19)17-8-10-18(24)11-9-17/h8-13,15,20H,2-7,14,16H2,1H3,(H,26,31)(H,27,28). The summed E-state index contributed by atoms with van der Waals surface area (Å²) in [4.78, 5) is 14.5. The normalized spacial score (nSPS) is 14.4. The first kappa shape index (κ1) is 21.2. The molecular weight excluding hydrogens is 395 g/mol. The number of amides is 1. The molecule has 0 saturated heterocycles. The lowest BCUT2D eigenvalue weighted by Gasteiger charge is -2.18. The van der Waals surface area contributed by atoms with Gasteiger partial charge in [0.15, 0.2) is 0 Å². The van der Waals surface area contributed by atoms with Crippen molar-refractivity contribution in [1.29, 1.82) is 0 Å². The Balaban J connectivity index is 1.21. The number of hydrogen-bond acceptors (Lipinski definition) is 4. The number of halogens is 1. The number of aryl methyl sites for hydroxylation is 1. The first-order valence-corrected chi connectivity index (χ1v) is 10.9. The molecule has 4 rings (SSSR count). The van der Waals surface area contributed by atoms with Gasteiger partial charge in [-0.25, -0.2) is 9.07 Å². The van der Waals surface area contributed by atoms with E-state index in [4.69, 9.17) is 0 Å². The van der Waals surface area contributed by atoms with E-state index in [1.165, 1.54) is 25.0 Å². The molecule has 0 spiro atoms. The molecule has 1 fully saturated rings. The second-order valence-electron chi connectivity index (χ2n) is 8.27. The number of aromatic amines is 1. The topological polar surface area (TPSA) is 78.8 Å². The van der Waals surface area contributed by atoms with Gasteiger partial charge in [0.05, 0.1) is 24.5 Å². The van der Waals surface area contributed by atoms with E-state index in [0.717, 1.165) is 55.0 Å². The van der Waals surface area contributed by atoms with Crippen molar-refractivity contribution >= 4 is 11.7 Å². The maximum absolute atomic E-state index is 13.1. The molecule has 2 aromatic heterocycles. The molecule has 7 nitrogen and oxygen atoms in total. The van der Waals surface area contributed by atoms with Crippen molar-refractivity contribution < 1.29 is 9.18 Å². The predicted octanol–water partition coefficient (Wildman–Crippen LogP) is 4.03. The summed E-state index contributed by atoms with van der Waals surface area (Å²) in [7, 11) is 1.95. The fourth-order valence-electron chi connectivity index (χ4n) is 4.16. The molecule has 3 aromatic rings. The highest BCUT2D eigenvalue weighted by atomic mass is 19.1. The summed E-state index contributed by atoms with van der Waals surface area (Å²) < 4.78 is 15.0. The van der Waals surface area contributed by atoms with Crippen molar-refractivity contribution in [3.8, 4) is 11.3 Å². The minimum atomic E-state index is -0.255. The van der Waals surface area contributed by atoms with Crippen LogP contribution in [0.15, 0.2) is 42.6 Å². The number of aromatic nitrogens is 4. The van der Waals surface area contributed by atoms with Gasteiger partial charge in [-0.15, -0.1) is 0 Å². The van der Waals surface area contributed by atoms with Crippen LogP contribution < -0.4 is 5.32 Å². The summed E-state index contributed by atoms with van der Waals surface area (Å²) in [6.45, 7) is 1.12. The Labute approximate surface area is 181 Å². The van der Waals surface area contributed by atoms with Crippen molar-refractivity contribution in [3.05, 3.63) is 54.1 Å². The lowest BCUT2D eigenvalue weighted by Crippen LogP contribution is -2.32. The molecule has 31 heavy (non-hydrogen) atoms. The van der Waals surface area contributed by atoms with Crippen LogP contribution in [0, 0.1) is 5.82 Å². The van der Waals surface area contributed by atoms with Crippen LogP contribution >= 0.6 is 0 Å². The summed E-state index contributed by atoms with van der Waals surface area (Å²) in [5.41, 5.74) is 2.72. The van der Waals surface area contributed by atoms with Crippen molar-refractivity contribution in [1.82, 2.24) is 24.9 Å². The number of nitrogens with zero attached hydrogens (tertiary/aromatic N) is 4. The van der Waals surface area contributed by atoms with Crippen molar-refractivity contribution in [2.75, 3.05) is 25.5 Å². The molecular formula is C23H29FN6O. The molecule has 8 heteroatoms. The van der Waals surface area contributed by atoms with E-state index in [9.17, 15) is 9.18 Å². The molecule has 2 heterocycles. The van der Waals surface area contributed by atoms with Crippen LogP contribution in [0.5, 0.6) is 0 Å². The Hall–Kier alpha value is -3.00. The van der Waals surface area contributed by atoms with Crippen molar-refractivity contribution in [3.63, 3.8) is 0 Å². The molecule has 0 atom stereocenters. The minimum Gasteiger partial charge on any atom is -0.310 e. The zero-order valence-electron chi connectivity index (χ0n) is 17.9. The van der Waals surface area contributed by atoms with Crippen LogP contribution in [-0.4, -0.2) is 50.9 Å². The number of likely N-dealkylation sites (N-methyl/N-ethyl adjacent to an activating group) is 1. The van der Waals surface area contributed by atoms with Gasteiger partial charge in [-0.1, -0.05) is 12.8 Å². The lowest BCUT2D eigenvalue weighted by atomic mass is 10.1. The van der Waals surface area contributed by atoms with E-state index in [2.05, 4.69) is 20.6 Å². The highest BCUT2D eigenvalue weighted by Gasteiger charge is 2.20. The summed E-state index contributed by atoms with van der Waals surface area (Å²) >= 11 is 0. The van der Waals surface area contributed by atoms with Gasteiger partial charge in [0.2, 0.25) is 5.91 Å². The number of carbonyl (C=O) groups excluding carboxylic acids is 1. The second kappa shape index (κ2) is 9.87. The largest absolute Gasteiger partial charge is 0.310 e. The predicted molar refractivity (Wildman–Crippen MR) is 118 cm³/mol. The molecule has 164 valence electrons. The van der Waals surface area contributed by atoms with Gasteiger partial charge in [0.1, 0.15) is 11.6 Å². The van der Waals surface area contributed by atoms with Gasteiger partial charge in [0.25, 0.3) is 0 Å². The second-order valence-corrected chi connectivity index (χ2v) is 8.27. The molecule has 1 aromatic carbocycles. The van der Waals surface area contributed by atoms with Gasteiger partial charge in [-0.2, -0.15) is 10.2 Å². The summed E-state index contributed by atoms with van der Waals surface area (Å²) in [6.07, 6.45) is 8.18. The molecule has 1 amide bonds. The number of H-pyrrole nitrogens is 1. The SMILES string of the molecule is CN(CCCc1cc(-c2ccc(F)cc2)n[nH]1)CC(=O)Nc1ccnn1C1CCCC1. The Kier molecular flexibility index (Phi) is 6.76. The van der Waals surface area contributed by atoms with E-state index in [1.54, 1.807) is 18.3 Å². The zero-order chi connectivity index (χ0) is 21.6. The molecule has 0 bridgehead atoms. The molecule has 0 radical (unpaired) electrons. The highest BCUT2D eigenvalue weighted by Crippen LogP contribution is 2.31. The first-order chi connectivity index (χ1) is 15.1. The fraction of sp³-hybridized carbons (Fsp3) is 0.435. The number of rotatable bonds is 9. The van der Waals surface area contributed by atoms with Gasteiger partial charge in [-0.05, 0) is 69.6 Å². The summed E-state index contributed by atoms with van der Waals surface area (Å²) in [6, 6.07) is 10.6. The third-order valence-electron chi connectivity index (χ3n) is 5.78. The van der Waals surface area contributed by atoms with Crippen LogP contribution in [0.25, 0.3) is 11.3 Å². The van der Waals surface area contributed by atoms with Crippen LogP contribution in [0.4, 0.5) is 10.2 Å². The third-order valence-corrected chi connectivity index (χ3v) is 5.78. The summed E-state index contributed by atoms with van der Waals surface area (Å²) in [5.74, 6) is 0.507. The smallest absolute Gasteiger partial charge is 0.239 e. The van der Waals surface area contributed by atoms with Gasteiger partial charge in [-0.3, -0.25) is 14.8 Å². The number of hydrogen-bond donors (Lipinski definition) is 2. The fourth-order valence-corrected chi connectivity index (χ4v) is 4.16. The molecule has 1 aliphatic rings. The van der Waals surface area contributed by atoms with E-state index in [1.807, 2.05) is 28.8 Å². The van der Waals surface area contributed by atoms with E-state index >= 15 is 0 Å². The van der Waals surface area contributed by atoms with Crippen molar-refractivity contribution in [2.45, 2.75) is 44.6 Å². The van der Waals surface area contributed by atoms with Gasteiger partial charge < -0.3 is 5.32 Å². The van der Waals surface area contributed by atoms with Gasteiger partial charge in [0, 0.05) is 17.3 Å². The summed E-state index contributed by atoms with van der Waals surface area (Å²) in [5, 5.41) is 14.8. The zero-order valence-corrected chi connectivity index (χ0v) is 17.9. The van der Waals surface area contributed by atoms with E-state index in [0.29, 0.717) is 12.6 Å². The Morgan fingerprint density at radius 1 is 1.26 bits per heavy atom. The Morgan fingerprint density at radius 3 is 2.81 bits per heavy atom.